The lowest BCUT2D eigenvalue weighted by Gasteiger charge is -2.28. The van der Waals surface area contributed by atoms with Crippen LogP contribution in [0.2, 0.25) is 0 Å². The van der Waals surface area contributed by atoms with Crippen LogP contribution in [0.5, 0.6) is 23.0 Å². The molecule has 0 unspecified atom stereocenters. The van der Waals surface area contributed by atoms with Gasteiger partial charge in [0.05, 0.1) is 45.8 Å². The van der Waals surface area contributed by atoms with E-state index in [-0.39, 0.29) is 12.2 Å². The summed E-state index contributed by atoms with van der Waals surface area (Å²) in [5.74, 6) is 1.39. The van der Waals surface area contributed by atoms with Crippen molar-refractivity contribution in [2.24, 2.45) is 5.10 Å². The Morgan fingerprint density at radius 3 is 2.55 bits per heavy atom. The molecule has 0 aliphatic carbocycles. The monoisotopic (exact) mass is 528 g/mol. The first-order valence-corrected chi connectivity index (χ1v) is 11.8. The number of rotatable bonds is 12. The number of esters is 1. The summed E-state index contributed by atoms with van der Waals surface area (Å²) in [5.41, 5.74) is 4.50. The van der Waals surface area contributed by atoms with Crippen molar-refractivity contribution >= 4 is 18.2 Å². The number of methoxy groups -OCH3 is 3. The minimum Gasteiger partial charge on any atom is -0.497 e. The van der Waals surface area contributed by atoms with Crippen molar-refractivity contribution in [3.8, 4) is 23.0 Å². The third-order valence-corrected chi connectivity index (χ3v) is 5.54. The number of carbonyl (C=O) groups is 2. The number of urea groups is 1. The van der Waals surface area contributed by atoms with Crippen molar-refractivity contribution in [2.45, 2.75) is 26.1 Å². The number of allylic oxidation sites excluding steroid dienone is 1. The summed E-state index contributed by atoms with van der Waals surface area (Å²) in [6, 6.07) is 9.06. The van der Waals surface area contributed by atoms with Gasteiger partial charge in [-0.2, -0.15) is 5.10 Å². The quantitative estimate of drug-likeness (QED) is 0.141. The third-order valence-electron chi connectivity index (χ3n) is 5.54. The van der Waals surface area contributed by atoms with Gasteiger partial charge in [-0.15, -0.1) is 0 Å². The second kappa shape index (κ2) is 13.2. The molecule has 38 heavy (non-hydrogen) atoms. The van der Waals surface area contributed by atoms with Crippen LogP contribution in [0.3, 0.4) is 0 Å². The van der Waals surface area contributed by atoms with E-state index in [0.717, 1.165) is 0 Å². The SMILES string of the molecule is CCOc1cc([C@@H]2NC(=O)NC(C)=C2C(=O)OC)ccc1OC[C@H](O)N/N=C/c1cc(OC)ccc1OC. The number of ether oxygens (including phenoxy) is 5. The maximum Gasteiger partial charge on any atom is 0.337 e. The van der Waals surface area contributed by atoms with Crippen LogP contribution in [0.1, 0.15) is 31.0 Å². The molecule has 2 aromatic rings. The number of aliphatic hydroxyl groups is 1. The van der Waals surface area contributed by atoms with Crippen molar-refractivity contribution < 1.29 is 38.4 Å². The summed E-state index contributed by atoms with van der Waals surface area (Å²) in [5, 5.41) is 19.7. The van der Waals surface area contributed by atoms with Crippen molar-refractivity contribution in [3.05, 3.63) is 58.8 Å². The van der Waals surface area contributed by atoms with Crippen LogP contribution >= 0.6 is 0 Å². The van der Waals surface area contributed by atoms with Crippen molar-refractivity contribution in [1.29, 1.82) is 0 Å². The van der Waals surface area contributed by atoms with Crippen molar-refractivity contribution in [1.82, 2.24) is 16.1 Å². The summed E-state index contributed by atoms with van der Waals surface area (Å²) in [4.78, 5) is 24.5. The summed E-state index contributed by atoms with van der Waals surface area (Å²) < 4.78 is 26.9. The molecule has 1 aliphatic heterocycles. The Bertz CT molecular complexity index is 1210. The molecule has 3 rings (SSSR count). The highest BCUT2D eigenvalue weighted by Crippen LogP contribution is 2.35. The Hall–Kier alpha value is -4.45. The zero-order valence-corrected chi connectivity index (χ0v) is 21.9. The van der Waals surface area contributed by atoms with E-state index in [4.69, 9.17) is 23.7 Å². The van der Waals surface area contributed by atoms with Gasteiger partial charge in [0.25, 0.3) is 0 Å². The largest absolute Gasteiger partial charge is 0.497 e. The molecule has 1 heterocycles. The van der Waals surface area contributed by atoms with E-state index in [1.54, 1.807) is 57.5 Å². The smallest absolute Gasteiger partial charge is 0.337 e. The van der Waals surface area contributed by atoms with Gasteiger partial charge >= 0.3 is 12.0 Å². The van der Waals surface area contributed by atoms with Crippen LogP contribution in [-0.4, -0.2) is 64.1 Å². The topological polar surface area (TPSA) is 149 Å². The number of aliphatic hydroxyl groups excluding tert-OH is 1. The standard InChI is InChI=1S/C26H32N4O8/c1-6-37-21-12-16(24-23(25(32)36-5)15(2)28-26(33)29-24)7-9-20(21)38-14-22(31)30-27-13-17-11-18(34-3)8-10-19(17)35-4/h7-13,22,24,30-31H,6,14H2,1-5H3,(H2,28,29,33)/b27-13+/t22-,24-/m0/s1. The summed E-state index contributed by atoms with van der Waals surface area (Å²) in [7, 11) is 4.38. The highest BCUT2D eigenvalue weighted by molar-refractivity contribution is 5.95. The first-order chi connectivity index (χ1) is 18.3. The van der Waals surface area contributed by atoms with E-state index in [0.29, 0.717) is 46.4 Å². The molecule has 0 fully saturated rings. The molecule has 1 aliphatic rings. The first-order valence-electron chi connectivity index (χ1n) is 11.8. The number of hydrogen-bond acceptors (Lipinski definition) is 10. The maximum atomic E-state index is 12.4. The number of hydrazone groups is 1. The summed E-state index contributed by atoms with van der Waals surface area (Å²) >= 11 is 0. The molecule has 0 aromatic heterocycles. The second-order valence-electron chi connectivity index (χ2n) is 8.02. The summed E-state index contributed by atoms with van der Waals surface area (Å²) in [6.07, 6.45) is 0.351. The van der Waals surface area contributed by atoms with Gasteiger partial charge in [0.15, 0.2) is 17.7 Å². The molecule has 0 radical (unpaired) electrons. The molecular weight excluding hydrogens is 496 g/mol. The fourth-order valence-corrected chi connectivity index (χ4v) is 3.76. The van der Waals surface area contributed by atoms with E-state index >= 15 is 0 Å². The first kappa shape index (κ1) is 28.1. The van der Waals surface area contributed by atoms with Gasteiger partial charge in [-0.1, -0.05) is 6.07 Å². The lowest BCUT2D eigenvalue weighted by molar-refractivity contribution is -0.136. The van der Waals surface area contributed by atoms with Crippen LogP contribution in [0, 0.1) is 0 Å². The predicted octanol–water partition coefficient (Wildman–Crippen LogP) is 2.22. The number of nitrogens with zero attached hydrogens (tertiary/aromatic N) is 1. The van der Waals surface area contributed by atoms with Gasteiger partial charge in [-0.25, -0.2) is 9.59 Å². The average molecular weight is 529 g/mol. The number of carbonyl (C=O) groups excluding carboxylic acids is 2. The molecule has 0 saturated heterocycles. The lowest BCUT2D eigenvalue weighted by Crippen LogP contribution is -2.45. The molecular formula is C26H32N4O8. The molecule has 0 bridgehead atoms. The lowest BCUT2D eigenvalue weighted by atomic mass is 9.95. The van der Waals surface area contributed by atoms with E-state index in [1.165, 1.54) is 13.3 Å². The number of benzene rings is 2. The highest BCUT2D eigenvalue weighted by Gasteiger charge is 2.32. The van der Waals surface area contributed by atoms with Crippen molar-refractivity contribution in [3.63, 3.8) is 0 Å². The van der Waals surface area contributed by atoms with Crippen LogP contribution in [-0.2, 0) is 9.53 Å². The van der Waals surface area contributed by atoms with Crippen LogP contribution in [0.25, 0.3) is 0 Å². The van der Waals surface area contributed by atoms with Gasteiger partial charge < -0.3 is 39.4 Å². The van der Waals surface area contributed by atoms with Gasteiger partial charge in [-0.3, -0.25) is 5.43 Å². The zero-order chi connectivity index (χ0) is 27.7. The Kier molecular flexibility index (Phi) is 9.77. The number of amides is 2. The Labute approximate surface area is 220 Å². The van der Waals surface area contributed by atoms with Gasteiger partial charge in [-0.05, 0) is 49.7 Å². The van der Waals surface area contributed by atoms with Gasteiger partial charge in [0, 0.05) is 11.3 Å². The van der Waals surface area contributed by atoms with Crippen LogP contribution < -0.4 is 35.0 Å². The number of hydrogen-bond donors (Lipinski definition) is 4. The highest BCUT2D eigenvalue weighted by atomic mass is 16.5. The fourth-order valence-electron chi connectivity index (χ4n) is 3.76. The molecule has 4 N–H and O–H groups in total. The molecule has 12 nitrogen and oxygen atoms in total. The Balaban J connectivity index is 1.71. The zero-order valence-electron chi connectivity index (χ0n) is 21.9. The van der Waals surface area contributed by atoms with E-state index in [9.17, 15) is 14.7 Å². The maximum absolute atomic E-state index is 12.4. The number of nitrogens with one attached hydrogen (secondary N) is 3. The van der Waals surface area contributed by atoms with Crippen molar-refractivity contribution in [2.75, 3.05) is 34.5 Å². The van der Waals surface area contributed by atoms with Gasteiger partial charge in [0.1, 0.15) is 18.1 Å². The molecule has 2 aromatic carbocycles. The third kappa shape index (κ3) is 6.85. The summed E-state index contributed by atoms with van der Waals surface area (Å²) in [6.45, 7) is 3.62. The second-order valence-corrected chi connectivity index (χ2v) is 8.02. The predicted molar refractivity (Wildman–Crippen MR) is 139 cm³/mol. The van der Waals surface area contributed by atoms with Crippen LogP contribution in [0.4, 0.5) is 4.79 Å². The van der Waals surface area contributed by atoms with E-state index in [1.807, 2.05) is 6.92 Å². The molecule has 2 atom stereocenters. The Morgan fingerprint density at radius 2 is 1.87 bits per heavy atom. The molecule has 0 spiro atoms. The molecule has 12 heteroatoms. The molecule has 204 valence electrons. The average Bonchev–Trinajstić information content (AvgIpc) is 2.91. The van der Waals surface area contributed by atoms with E-state index < -0.39 is 24.3 Å². The molecule has 0 saturated carbocycles. The molecule has 2 amide bonds. The normalized spacial score (nSPS) is 15.8. The fraction of sp³-hybridized carbons (Fsp3) is 0.346. The van der Waals surface area contributed by atoms with Crippen LogP contribution in [0.15, 0.2) is 52.8 Å². The van der Waals surface area contributed by atoms with Gasteiger partial charge in [0.2, 0.25) is 0 Å². The minimum absolute atomic E-state index is 0.150. The minimum atomic E-state index is -1.14. The Morgan fingerprint density at radius 1 is 1.11 bits per heavy atom. The van der Waals surface area contributed by atoms with E-state index in [2.05, 4.69) is 21.2 Å².